The molecule has 0 spiro atoms. The van der Waals surface area contributed by atoms with Crippen LogP contribution in [0.5, 0.6) is 0 Å². The third-order valence-corrected chi connectivity index (χ3v) is 5.57. The van der Waals surface area contributed by atoms with E-state index in [1.54, 1.807) is 24.3 Å². The lowest BCUT2D eigenvalue weighted by atomic mass is 9.84. The van der Waals surface area contributed by atoms with Gasteiger partial charge in [0.15, 0.2) is 9.84 Å². The zero-order valence-electron chi connectivity index (χ0n) is 13.2. The molecular formula is C18H17ClO4S. The summed E-state index contributed by atoms with van der Waals surface area (Å²) in [6.45, 7) is 0.374. The summed E-state index contributed by atoms with van der Waals surface area (Å²) in [6, 6.07) is 6.61. The first-order valence-corrected chi connectivity index (χ1v) is 9.87. The van der Waals surface area contributed by atoms with Crippen molar-refractivity contribution in [2.45, 2.75) is 17.7 Å². The highest BCUT2D eigenvalue weighted by Crippen LogP contribution is 2.38. The number of ether oxygens (including phenoxy) is 1. The van der Waals surface area contributed by atoms with Crippen molar-refractivity contribution in [3.05, 3.63) is 58.7 Å². The van der Waals surface area contributed by atoms with Crippen LogP contribution in [0.1, 0.15) is 18.4 Å². The molecule has 6 heteroatoms. The second-order valence-corrected chi connectivity index (χ2v) is 8.38. The van der Waals surface area contributed by atoms with Crippen LogP contribution in [0.3, 0.4) is 0 Å². The van der Waals surface area contributed by atoms with Gasteiger partial charge < -0.3 is 4.74 Å². The van der Waals surface area contributed by atoms with Crippen LogP contribution in [-0.2, 0) is 19.4 Å². The predicted molar refractivity (Wildman–Crippen MR) is 93.2 cm³/mol. The van der Waals surface area contributed by atoms with Crippen LogP contribution in [0.25, 0.3) is 5.57 Å². The summed E-state index contributed by atoms with van der Waals surface area (Å²) in [5.74, 6) is -0.344. The minimum atomic E-state index is -3.26. The van der Waals surface area contributed by atoms with Crippen molar-refractivity contribution >= 4 is 33.0 Å². The molecule has 1 fully saturated rings. The van der Waals surface area contributed by atoms with E-state index in [0.717, 1.165) is 16.2 Å². The summed E-state index contributed by atoms with van der Waals surface area (Å²) < 4.78 is 28.4. The van der Waals surface area contributed by atoms with E-state index in [9.17, 15) is 13.2 Å². The summed E-state index contributed by atoms with van der Waals surface area (Å²) >= 11 is 6.16. The first-order chi connectivity index (χ1) is 11.4. The Labute approximate surface area is 146 Å². The molecule has 24 heavy (non-hydrogen) atoms. The number of hydrogen-bond acceptors (Lipinski definition) is 4. The molecule has 1 aromatic rings. The number of cyclic esters (lactones) is 1. The molecule has 1 unspecified atom stereocenters. The van der Waals surface area contributed by atoms with Crippen molar-refractivity contribution in [1.82, 2.24) is 0 Å². The minimum absolute atomic E-state index is 0.0350. The Kier molecular flexibility index (Phi) is 4.65. The number of allylic oxidation sites excluding steroid dienone is 5. The van der Waals surface area contributed by atoms with Crippen molar-refractivity contribution in [2.24, 2.45) is 5.92 Å². The van der Waals surface area contributed by atoms with Gasteiger partial charge in [0.25, 0.3) is 0 Å². The van der Waals surface area contributed by atoms with Gasteiger partial charge in [0.05, 0.1) is 11.5 Å². The van der Waals surface area contributed by atoms with Gasteiger partial charge in [-0.1, -0.05) is 35.9 Å². The number of hydrogen-bond donors (Lipinski definition) is 0. The van der Waals surface area contributed by atoms with E-state index in [1.807, 2.05) is 18.2 Å². The highest BCUT2D eigenvalue weighted by Gasteiger charge is 2.28. The Morgan fingerprint density at radius 2 is 1.96 bits per heavy atom. The zero-order valence-corrected chi connectivity index (χ0v) is 14.7. The molecule has 0 aromatic heterocycles. The van der Waals surface area contributed by atoms with E-state index in [2.05, 4.69) is 0 Å². The molecule has 3 rings (SSSR count). The van der Waals surface area contributed by atoms with Gasteiger partial charge in [-0.05, 0) is 35.8 Å². The second kappa shape index (κ2) is 6.57. The third kappa shape index (κ3) is 3.47. The predicted octanol–water partition coefficient (Wildman–Crippen LogP) is 3.49. The van der Waals surface area contributed by atoms with Gasteiger partial charge in [-0.15, -0.1) is 0 Å². The van der Waals surface area contributed by atoms with Gasteiger partial charge >= 0.3 is 5.97 Å². The maximum atomic E-state index is 12.1. The van der Waals surface area contributed by atoms with Crippen LogP contribution in [0.15, 0.2) is 58.0 Å². The van der Waals surface area contributed by atoms with E-state index in [1.165, 1.54) is 6.26 Å². The number of halogens is 1. The summed E-state index contributed by atoms with van der Waals surface area (Å²) in [7, 11) is -3.26. The minimum Gasteiger partial charge on any atom is -0.462 e. The maximum absolute atomic E-state index is 12.1. The van der Waals surface area contributed by atoms with Crippen LogP contribution >= 0.6 is 11.6 Å². The molecule has 1 saturated heterocycles. The molecule has 1 heterocycles. The summed E-state index contributed by atoms with van der Waals surface area (Å²) in [5.41, 5.74) is 2.32. The Morgan fingerprint density at radius 1 is 1.25 bits per heavy atom. The maximum Gasteiger partial charge on any atom is 0.334 e. The van der Waals surface area contributed by atoms with Gasteiger partial charge in [0, 0.05) is 29.2 Å². The summed E-state index contributed by atoms with van der Waals surface area (Å²) in [5, 5.41) is 0.722. The van der Waals surface area contributed by atoms with Crippen LogP contribution in [0, 0.1) is 5.92 Å². The van der Waals surface area contributed by atoms with Crippen molar-refractivity contribution in [3.8, 4) is 0 Å². The standard InChI is InChI=1S/C18H17ClO4S/c1-24(21,22)15-7-5-12(6-8-15)17(16-9-10-23-18(16)20)13-3-2-4-14(19)11-13/h2-8,13H,9-11H2,1H3/b17-16-. The van der Waals surface area contributed by atoms with Crippen molar-refractivity contribution in [2.75, 3.05) is 12.9 Å². The average molecular weight is 365 g/mol. The molecule has 4 nitrogen and oxygen atoms in total. The molecule has 1 aromatic carbocycles. The molecule has 0 bridgehead atoms. The van der Waals surface area contributed by atoms with Gasteiger partial charge in [-0.2, -0.15) is 0 Å². The van der Waals surface area contributed by atoms with E-state index < -0.39 is 9.84 Å². The first kappa shape index (κ1) is 17.0. The Morgan fingerprint density at radius 3 is 2.50 bits per heavy atom. The largest absolute Gasteiger partial charge is 0.462 e. The number of carbonyl (C=O) groups is 1. The fraction of sp³-hybridized carbons (Fsp3) is 0.278. The molecule has 1 aliphatic carbocycles. The lowest BCUT2D eigenvalue weighted by Crippen LogP contribution is -2.09. The van der Waals surface area contributed by atoms with Gasteiger partial charge in [0.2, 0.25) is 0 Å². The second-order valence-electron chi connectivity index (χ2n) is 5.88. The summed E-state index contributed by atoms with van der Waals surface area (Å²) in [4.78, 5) is 12.3. The first-order valence-electron chi connectivity index (χ1n) is 7.60. The topological polar surface area (TPSA) is 60.4 Å². The highest BCUT2D eigenvalue weighted by molar-refractivity contribution is 7.90. The molecule has 2 aliphatic rings. The van der Waals surface area contributed by atoms with Gasteiger partial charge in [-0.3, -0.25) is 0 Å². The lowest BCUT2D eigenvalue weighted by Gasteiger charge is -2.21. The molecule has 1 atom stereocenters. The average Bonchev–Trinajstić information content (AvgIpc) is 2.93. The number of esters is 1. The SMILES string of the molecule is CS(=O)(=O)c1ccc(/C(=C2\CCOC2=O)C2C=CC=C(Cl)C2)cc1. The molecule has 126 valence electrons. The molecule has 0 amide bonds. The van der Waals surface area contributed by atoms with E-state index in [4.69, 9.17) is 16.3 Å². The molecule has 1 aliphatic heterocycles. The Bertz CT molecular complexity index is 861. The monoisotopic (exact) mass is 364 g/mol. The number of sulfone groups is 1. The quantitative estimate of drug-likeness (QED) is 0.608. The van der Waals surface area contributed by atoms with Crippen molar-refractivity contribution in [1.29, 1.82) is 0 Å². The highest BCUT2D eigenvalue weighted by atomic mass is 35.5. The normalized spacial score (nSPS) is 23.0. The smallest absolute Gasteiger partial charge is 0.334 e. The van der Waals surface area contributed by atoms with Crippen molar-refractivity contribution in [3.63, 3.8) is 0 Å². The van der Waals surface area contributed by atoms with Crippen LogP contribution in [0.4, 0.5) is 0 Å². The zero-order chi connectivity index (χ0) is 17.3. The Hall–Kier alpha value is -1.85. The molecule has 0 radical (unpaired) electrons. The molecule has 0 saturated carbocycles. The number of rotatable bonds is 3. The number of benzene rings is 1. The third-order valence-electron chi connectivity index (χ3n) is 4.16. The summed E-state index contributed by atoms with van der Waals surface area (Å²) in [6.07, 6.45) is 8.04. The molecule has 0 N–H and O–H groups in total. The van der Waals surface area contributed by atoms with E-state index >= 15 is 0 Å². The van der Waals surface area contributed by atoms with Crippen LogP contribution < -0.4 is 0 Å². The van der Waals surface area contributed by atoms with Crippen LogP contribution in [-0.4, -0.2) is 27.2 Å². The van der Waals surface area contributed by atoms with E-state index in [0.29, 0.717) is 25.0 Å². The van der Waals surface area contributed by atoms with Gasteiger partial charge in [0.1, 0.15) is 0 Å². The van der Waals surface area contributed by atoms with Crippen molar-refractivity contribution < 1.29 is 17.9 Å². The molecular weight excluding hydrogens is 348 g/mol. The van der Waals surface area contributed by atoms with Crippen LogP contribution in [0.2, 0.25) is 0 Å². The van der Waals surface area contributed by atoms with Gasteiger partial charge in [-0.25, -0.2) is 13.2 Å². The fourth-order valence-corrected chi connectivity index (χ4v) is 3.88. The van der Waals surface area contributed by atoms with E-state index in [-0.39, 0.29) is 16.8 Å². The number of carbonyl (C=O) groups excluding carboxylic acids is 1. The fourth-order valence-electron chi connectivity index (χ4n) is 3.01. The lowest BCUT2D eigenvalue weighted by molar-refractivity contribution is -0.135. The Balaban J connectivity index is 2.08.